The van der Waals surface area contributed by atoms with Crippen LogP contribution < -0.4 is 21.5 Å². The molecular weight excluding hydrogens is 554 g/mol. The van der Waals surface area contributed by atoms with Crippen molar-refractivity contribution in [2.45, 2.75) is 19.5 Å². The molecule has 5 N–H and O–H groups in total. The van der Waals surface area contributed by atoms with Gasteiger partial charge in [-0.25, -0.2) is 18.2 Å². The molecule has 0 spiro atoms. The molecule has 0 fully saturated rings. The molecule has 0 atom stereocenters. The number of primary amides is 1. The van der Waals surface area contributed by atoms with E-state index in [1.165, 1.54) is 30.3 Å². The fourth-order valence-electron chi connectivity index (χ4n) is 3.67. The van der Waals surface area contributed by atoms with Crippen molar-refractivity contribution >= 4 is 63.4 Å². The van der Waals surface area contributed by atoms with Gasteiger partial charge in [0.05, 0.1) is 43.9 Å². The van der Waals surface area contributed by atoms with Crippen molar-refractivity contribution in [3.8, 4) is 5.75 Å². The van der Waals surface area contributed by atoms with E-state index in [-0.39, 0.29) is 50.9 Å². The van der Waals surface area contributed by atoms with Crippen LogP contribution in [0.2, 0.25) is 15.1 Å². The number of fused-ring (bicyclic) bond motifs is 1. The number of amides is 1. The fraction of sp³-hybridized carbons (Fsp3) is 0.167. The molecule has 0 aliphatic heterocycles. The molecule has 13 heteroatoms. The molecular formula is C24H19Cl3F3N5O2. The first-order chi connectivity index (χ1) is 17.6. The molecule has 1 amide bonds. The van der Waals surface area contributed by atoms with Gasteiger partial charge in [0.2, 0.25) is 5.95 Å². The largest absolute Gasteiger partial charge is 0.487 e. The molecule has 194 valence electrons. The van der Waals surface area contributed by atoms with E-state index in [0.29, 0.717) is 22.3 Å². The van der Waals surface area contributed by atoms with Gasteiger partial charge in [-0.3, -0.25) is 4.79 Å². The van der Waals surface area contributed by atoms with E-state index in [1.807, 2.05) is 0 Å². The zero-order chi connectivity index (χ0) is 26.9. The second kappa shape index (κ2) is 11.1. The third kappa shape index (κ3) is 5.72. The van der Waals surface area contributed by atoms with Crippen molar-refractivity contribution in [3.05, 3.63) is 80.0 Å². The van der Waals surface area contributed by atoms with Crippen LogP contribution in [0.3, 0.4) is 0 Å². The van der Waals surface area contributed by atoms with Crippen molar-refractivity contribution < 1.29 is 22.7 Å². The molecule has 7 nitrogen and oxygen atoms in total. The summed E-state index contributed by atoms with van der Waals surface area (Å²) in [7, 11) is 0. The molecule has 0 saturated carbocycles. The van der Waals surface area contributed by atoms with Crippen LogP contribution in [-0.4, -0.2) is 28.5 Å². The first-order valence-corrected chi connectivity index (χ1v) is 11.8. The lowest BCUT2D eigenvalue weighted by atomic mass is 10.1. The van der Waals surface area contributed by atoms with Gasteiger partial charge in [-0.1, -0.05) is 46.9 Å². The van der Waals surface area contributed by atoms with Crippen LogP contribution in [0.1, 0.15) is 21.5 Å². The average molecular weight is 573 g/mol. The molecule has 0 radical (unpaired) electrons. The van der Waals surface area contributed by atoms with Crippen molar-refractivity contribution in [1.29, 1.82) is 0 Å². The number of nitrogens with two attached hydrogens (primary N) is 2. The summed E-state index contributed by atoms with van der Waals surface area (Å²) in [4.78, 5) is 16.6. The van der Waals surface area contributed by atoms with E-state index in [9.17, 15) is 18.0 Å². The number of carbonyl (C=O) groups is 1. The van der Waals surface area contributed by atoms with Gasteiger partial charge in [-0.15, -0.1) is 0 Å². The molecule has 1 aromatic heterocycles. The Morgan fingerprint density at radius 3 is 2.51 bits per heavy atom. The second-order valence-electron chi connectivity index (χ2n) is 7.90. The normalized spacial score (nSPS) is 11.4. The van der Waals surface area contributed by atoms with E-state index in [0.717, 1.165) is 0 Å². The molecule has 0 saturated heterocycles. The highest BCUT2D eigenvalue weighted by Crippen LogP contribution is 2.37. The molecule has 3 aromatic carbocycles. The number of ether oxygens (including phenoxy) is 1. The van der Waals surface area contributed by atoms with Crippen LogP contribution in [-0.2, 0) is 13.1 Å². The molecule has 37 heavy (non-hydrogen) atoms. The first kappa shape index (κ1) is 26.9. The van der Waals surface area contributed by atoms with E-state index >= 15 is 0 Å². The maximum Gasteiger partial charge on any atom is 0.272 e. The molecule has 0 aliphatic carbocycles. The number of aromatic nitrogens is 2. The Kier molecular flexibility index (Phi) is 8.03. The number of rotatable bonds is 9. The van der Waals surface area contributed by atoms with Crippen LogP contribution in [0.25, 0.3) is 11.0 Å². The second-order valence-corrected chi connectivity index (χ2v) is 9.09. The number of benzene rings is 3. The Hall–Kier alpha value is -3.18. The minimum Gasteiger partial charge on any atom is -0.487 e. The maximum atomic E-state index is 13.8. The highest BCUT2D eigenvalue weighted by molar-refractivity contribution is 6.39. The topological polar surface area (TPSA) is 108 Å². The minimum atomic E-state index is -2.78. The van der Waals surface area contributed by atoms with E-state index in [1.54, 1.807) is 16.7 Å². The molecule has 0 unspecified atom stereocenters. The summed E-state index contributed by atoms with van der Waals surface area (Å²) in [5.41, 5.74) is 13.3. The van der Waals surface area contributed by atoms with Gasteiger partial charge in [0.15, 0.2) is 0 Å². The Bertz CT molecular complexity index is 1500. The summed E-state index contributed by atoms with van der Waals surface area (Å²) >= 11 is 18.8. The Balaban J connectivity index is 1.91. The summed E-state index contributed by atoms with van der Waals surface area (Å²) < 4.78 is 46.2. The summed E-state index contributed by atoms with van der Waals surface area (Å²) in [6, 6.07) is 10.2. The van der Waals surface area contributed by atoms with Gasteiger partial charge in [0.1, 0.15) is 18.2 Å². The molecule has 0 bridgehead atoms. The SMILES string of the molecule is NCc1ccc(Cl)c(Nc2nc3cc(C(N)=O)c(OCC(F)F)cc3n2Cc2ccc(F)c(Cl)c2)c1Cl. The van der Waals surface area contributed by atoms with Crippen LogP contribution in [0.4, 0.5) is 24.8 Å². The smallest absolute Gasteiger partial charge is 0.272 e. The summed E-state index contributed by atoms with van der Waals surface area (Å²) in [5, 5.41) is 3.56. The molecule has 0 aliphatic rings. The van der Waals surface area contributed by atoms with Gasteiger partial charge in [-0.2, -0.15) is 0 Å². The number of halogens is 6. The predicted octanol–water partition coefficient (Wildman–Crippen LogP) is 6.13. The van der Waals surface area contributed by atoms with Crippen molar-refractivity contribution in [2.75, 3.05) is 11.9 Å². The number of hydrogen-bond acceptors (Lipinski definition) is 5. The predicted molar refractivity (Wildman–Crippen MR) is 138 cm³/mol. The average Bonchev–Trinajstić information content (AvgIpc) is 3.17. The van der Waals surface area contributed by atoms with Crippen LogP contribution >= 0.6 is 34.8 Å². The number of anilines is 2. The number of carbonyl (C=O) groups excluding carboxylic acids is 1. The Morgan fingerprint density at radius 1 is 1.11 bits per heavy atom. The van der Waals surface area contributed by atoms with Gasteiger partial charge in [-0.05, 0) is 35.4 Å². The number of alkyl halides is 2. The monoisotopic (exact) mass is 571 g/mol. The van der Waals surface area contributed by atoms with Crippen molar-refractivity contribution in [2.24, 2.45) is 11.5 Å². The number of nitrogens with zero attached hydrogens (tertiary/aromatic N) is 2. The highest BCUT2D eigenvalue weighted by atomic mass is 35.5. The van der Waals surface area contributed by atoms with Gasteiger partial charge in [0.25, 0.3) is 12.3 Å². The van der Waals surface area contributed by atoms with E-state index in [4.69, 9.17) is 51.0 Å². The standard InChI is InChI=1S/C24H19Cl3F3N5O2/c25-14-3-2-12(8-31)21(27)22(14)34-24-33-17-6-13(23(32)36)19(37-10-20(29)30)7-18(17)35(24)9-11-1-4-16(28)15(26)5-11/h1-7,20H,8-10,31H2,(H2,32,36)(H,33,34). The lowest BCUT2D eigenvalue weighted by Crippen LogP contribution is -2.15. The minimum absolute atomic E-state index is 0.0878. The first-order valence-electron chi connectivity index (χ1n) is 10.7. The Labute approximate surface area is 224 Å². The van der Waals surface area contributed by atoms with Crippen LogP contribution in [0, 0.1) is 5.82 Å². The van der Waals surface area contributed by atoms with Gasteiger partial charge < -0.3 is 26.1 Å². The van der Waals surface area contributed by atoms with Crippen molar-refractivity contribution in [3.63, 3.8) is 0 Å². The lowest BCUT2D eigenvalue weighted by molar-refractivity contribution is 0.0801. The van der Waals surface area contributed by atoms with Gasteiger partial charge >= 0.3 is 0 Å². The number of imidazole rings is 1. The Morgan fingerprint density at radius 2 is 1.86 bits per heavy atom. The van der Waals surface area contributed by atoms with Gasteiger partial charge in [0, 0.05) is 12.6 Å². The maximum absolute atomic E-state index is 13.8. The fourth-order valence-corrected chi connectivity index (χ4v) is 4.42. The summed E-state index contributed by atoms with van der Waals surface area (Å²) in [6.45, 7) is -0.688. The molecule has 1 heterocycles. The molecule has 4 aromatic rings. The lowest BCUT2D eigenvalue weighted by Gasteiger charge is -2.15. The molecule has 4 rings (SSSR count). The highest BCUT2D eigenvalue weighted by Gasteiger charge is 2.21. The summed E-state index contributed by atoms with van der Waals surface area (Å²) in [6.07, 6.45) is -2.78. The van der Waals surface area contributed by atoms with E-state index in [2.05, 4.69) is 10.3 Å². The van der Waals surface area contributed by atoms with Crippen molar-refractivity contribution in [1.82, 2.24) is 9.55 Å². The summed E-state index contributed by atoms with van der Waals surface area (Å²) in [5.74, 6) is -1.41. The number of hydrogen-bond donors (Lipinski definition) is 3. The number of nitrogens with one attached hydrogen (secondary N) is 1. The van der Waals surface area contributed by atoms with Crippen LogP contribution in [0.5, 0.6) is 5.75 Å². The zero-order valence-electron chi connectivity index (χ0n) is 18.9. The third-order valence-corrected chi connectivity index (χ3v) is 6.47. The third-order valence-electron chi connectivity index (χ3n) is 5.43. The van der Waals surface area contributed by atoms with Crippen LogP contribution in [0.15, 0.2) is 42.5 Å². The zero-order valence-corrected chi connectivity index (χ0v) is 21.1. The van der Waals surface area contributed by atoms with E-state index < -0.39 is 24.8 Å². The quantitative estimate of drug-likeness (QED) is 0.224.